The number of nitrogens with zero attached hydrogens (tertiary/aromatic N) is 11. The second kappa shape index (κ2) is 44.1. The molecule has 1 aliphatic rings. The molecule has 0 spiro atoms. The van der Waals surface area contributed by atoms with Gasteiger partial charge in [-0.3, -0.25) is 79.3 Å². The molecule has 35 heteroatoms. The van der Waals surface area contributed by atoms with Gasteiger partial charge in [0.15, 0.2) is 29.1 Å². The smallest absolute Gasteiger partial charge is 0.412 e. The van der Waals surface area contributed by atoms with Gasteiger partial charge in [-0.2, -0.15) is 25.5 Å². The first-order chi connectivity index (χ1) is 64.5. The Labute approximate surface area is 763 Å². The third-order valence-electron chi connectivity index (χ3n) is 20.5. The van der Waals surface area contributed by atoms with Crippen molar-refractivity contribution < 1.29 is 65.7 Å². The van der Waals surface area contributed by atoms with Crippen molar-refractivity contribution in [2.24, 2.45) is 18.7 Å². The number of halogens is 5. The highest BCUT2D eigenvalue weighted by molar-refractivity contribution is 6.05. The topological polar surface area (TPSA) is 435 Å². The Hall–Kier alpha value is -16.7. The summed E-state index contributed by atoms with van der Waals surface area (Å²) in [6.45, 7) is 10.1. The summed E-state index contributed by atoms with van der Waals surface area (Å²) < 4.78 is 78.8. The van der Waals surface area contributed by atoms with Crippen LogP contribution in [0.1, 0.15) is 164 Å². The lowest BCUT2D eigenvalue weighted by molar-refractivity contribution is -0.119. The SMILES string of the molecule is CC(C)[C@@H](CO)NC(=O)c1cc(F)c2n[nH]c(/C=C/c3cccnc3)c2c1.C[C@H](NC(=O)c1cc(F)c2n[nH]c(C=Cc3cccnc3)c2c1)C(N)=O.Cn1nc(/C=C/c2cccnc2)c2cc(NC(=O)OC(C)(C)C)cc(F)c21.O=C(NC1CC1)c1cc(F)c2n[nH]c(/C=C/c3cccnc3)c2c1.O=C(N[C@H](CO)c1ccccc1)c1cc(F)c2n[nH]c(/C=C/c3cccnc3)c2c1. The summed E-state index contributed by atoms with van der Waals surface area (Å²) in [5, 5.41) is 66.5. The van der Waals surface area contributed by atoms with E-state index in [0.29, 0.717) is 72.2 Å². The van der Waals surface area contributed by atoms with Crippen molar-refractivity contribution in [3.63, 3.8) is 0 Å². The van der Waals surface area contributed by atoms with Crippen LogP contribution in [0.4, 0.5) is 32.4 Å². The van der Waals surface area contributed by atoms with E-state index in [1.807, 2.05) is 123 Å². The second-order valence-corrected chi connectivity index (χ2v) is 32.0. The number of fused-ring (bicyclic) bond motifs is 5. The van der Waals surface area contributed by atoms with Crippen molar-refractivity contribution in [2.75, 3.05) is 18.5 Å². The van der Waals surface area contributed by atoms with Crippen LogP contribution in [0.3, 0.4) is 0 Å². The number of nitrogens with two attached hydrogens (primary N) is 1. The second-order valence-electron chi connectivity index (χ2n) is 32.0. The first-order valence-corrected chi connectivity index (χ1v) is 42.1. The molecule has 0 radical (unpaired) electrons. The first-order valence-electron chi connectivity index (χ1n) is 42.1. The molecule has 1 fully saturated rings. The van der Waals surface area contributed by atoms with Gasteiger partial charge in [0.1, 0.15) is 39.2 Å². The standard InChI is InChI=1S/C23H19FN4O2.2C20H21FN4O2.C18H16FN5O2.C18H15FN4O/c24-19-12-17(23(30)26-21(14-29)16-6-2-1-3-7-16)11-18-20(27-28-22(18)19)9-8-15-5-4-10-25-13-15;1-20(2,3)27-19(26)23-14-10-15-17(8-7-13-6-5-9-22-12-13)24-25(4)18(15)16(21)11-14;1-12(2)18(11-26)23-20(27)14-8-15-17(24-25-19(15)16(21)9-14)6-5-13-4-3-7-22-10-13;1-10(17(20)25)22-18(26)12-7-13-15(23-24-16(13)14(19)8-12)5-4-11-3-2-6-21-9-11;19-15-9-12(18(24)21-13-4-5-13)8-14-16(22-23-17(14)15)6-3-11-2-1-7-20-10-11/h1-13,21,29H,14H2,(H,26,30)(H,27,28);5-12H,1-4H3,(H,23,26);3-10,12,18,26H,11H2,1-2H3,(H,23,27)(H,24,25);2-10H,1H3,(H2,20,25)(H,22,26)(H,23,24);1-3,6-10,13H,4-5H2,(H,21,24)(H,22,23)/b9-8+;8-7+;6-5+;;6-3+/t21-;;18-;10-;/m1.10./s1. The lowest BCUT2D eigenvalue weighted by Crippen LogP contribution is -2.42. The Morgan fingerprint density at radius 2 is 0.836 bits per heavy atom. The monoisotopic (exact) mass is 1810 g/mol. The van der Waals surface area contributed by atoms with Crippen LogP contribution in [0.15, 0.2) is 214 Å². The highest BCUT2D eigenvalue weighted by Crippen LogP contribution is 2.32. The fourth-order valence-electron chi connectivity index (χ4n) is 13.4. The van der Waals surface area contributed by atoms with E-state index >= 15 is 0 Å². The van der Waals surface area contributed by atoms with Crippen LogP contribution < -0.4 is 32.3 Å². The minimum absolute atomic E-state index is 0.0550. The van der Waals surface area contributed by atoms with Crippen molar-refractivity contribution in [3.8, 4) is 0 Å². The van der Waals surface area contributed by atoms with Gasteiger partial charge in [-0.15, -0.1) is 0 Å². The number of aromatic nitrogens is 15. The minimum Gasteiger partial charge on any atom is -0.444 e. The van der Waals surface area contributed by atoms with Gasteiger partial charge in [0.05, 0.1) is 53.8 Å². The Balaban J connectivity index is 0.000000142. The van der Waals surface area contributed by atoms with Crippen molar-refractivity contribution in [1.29, 1.82) is 0 Å². The van der Waals surface area contributed by atoms with Crippen LogP contribution in [-0.4, -0.2) is 158 Å². The van der Waals surface area contributed by atoms with Crippen LogP contribution >= 0.6 is 0 Å². The zero-order valence-corrected chi connectivity index (χ0v) is 73.3. The van der Waals surface area contributed by atoms with Crippen molar-refractivity contribution in [2.45, 2.75) is 84.2 Å². The fraction of sp³-hybridized carbons (Fsp3) is 0.172. The summed E-state index contributed by atoms with van der Waals surface area (Å²) >= 11 is 0. The molecule has 16 aromatic rings. The molecule has 134 heavy (non-hydrogen) atoms. The van der Waals surface area contributed by atoms with Crippen LogP contribution in [0.25, 0.3) is 115 Å². The number of benzene rings is 6. The molecule has 6 aromatic carbocycles. The van der Waals surface area contributed by atoms with Crippen LogP contribution in [0, 0.1) is 35.0 Å². The molecule has 0 unspecified atom stereocenters. The average Bonchev–Trinajstić information content (AvgIpc) is 1.63. The maximum Gasteiger partial charge on any atom is 0.412 e. The Morgan fingerprint density at radius 3 is 1.18 bits per heavy atom. The van der Waals surface area contributed by atoms with Gasteiger partial charge in [-0.25, -0.2) is 26.7 Å². The number of hydrogen-bond acceptors (Lipinski definition) is 19. The van der Waals surface area contributed by atoms with Gasteiger partial charge in [0.2, 0.25) is 5.91 Å². The summed E-state index contributed by atoms with van der Waals surface area (Å²) in [5.74, 6) is -5.20. The number of aliphatic hydroxyl groups is 2. The van der Waals surface area contributed by atoms with Crippen molar-refractivity contribution in [3.05, 3.63) is 327 Å². The van der Waals surface area contributed by atoms with Crippen molar-refractivity contribution in [1.82, 2.24) is 96.8 Å². The first kappa shape index (κ1) is 94.9. The molecule has 682 valence electrons. The number of amides is 6. The number of nitrogens with one attached hydrogen (secondary N) is 9. The quantitative estimate of drug-likeness (QED) is 0.0250. The van der Waals surface area contributed by atoms with E-state index in [2.05, 4.69) is 97.4 Å². The highest BCUT2D eigenvalue weighted by atomic mass is 19.1. The molecular weight excluding hydrogens is 1720 g/mol. The molecule has 10 heterocycles. The van der Waals surface area contributed by atoms with Crippen LogP contribution in [-0.2, 0) is 16.6 Å². The number of carbonyl (C=O) groups excluding carboxylic acids is 6. The van der Waals surface area contributed by atoms with Crippen molar-refractivity contribution >= 4 is 157 Å². The number of rotatable bonds is 24. The van der Waals surface area contributed by atoms with Gasteiger partial charge in [-0.1, -0.05) is 105 Å². The number of ether oxygens (including phenoxy) is 1. The number of carbonyl (C=O) groups is 6. The van der Waals surface area contributed by atoms with E-state index in [0.717, 1.165) is 64.4 Å². The van der Waals surface area contributed by atoms with E-state index in [1.165, 1.54) is 29.8 Å². The number of aryl methyl sites for hydroxylation is 1. The molecule has 17 rings (SSSR count). The molecule has 0 saturated heterocycles. The van der Waals surface area contributed by atoms with Crippen LogP contribution in [0.2, 0.25) is 0 Å². The predicted molar refractivity (Wildman–Crippen MR) is 504 cm³/mol. The van der Waals surface area contributed by atoms with Gasteiger partial charge < -0.3 is 42.0 Å². The van der Waals surface area contributed by atoms with Gasteiger partial charge >= 0.3 is 6.09 Å². The van der Waals surface area contributed by atoms with E-state index in [4.69, 9.17) is 10.5 Å². The lowest BCUT2D eigenvalue weighted by atomic mass is 10.0. The summed E-state index contributed by atoms with van der Waals surface area (Å²) in [6, 6.07) is 39.9. The number of primary amides is 1. The predicted octanol–water partition coefficient (Wildman–Crippen LogP) is 16.4. The number of aliphatic hydroxyl groups excluding tert-OH is 2. The maximum absolute atomic E-state index is 14.6. The summed E-state index contributed by atoms with van der Waals surface area (Å²) in [4.78, 5) is 92.9. The molecule has 6 amide bonds. The number of anilines is 1. The molecule has 10 aromatic heterocycles. The van der Waals surface area contributed by atoms with E-state index in [-0.39, 0.29) is 69.8 Å². The normalized spacial score (nSPS) is 12.7. The largest absolute Gasteiger partial charge is 0.444 e. The zero-order valence-electron chi connectivity index (χ0n) is 73.3. The Bertz CT molecular complexity index is 7020. The Morgan fingerprint density at radius 1 is 0.463 bits per heavy atom. The highest BCUT2D eigenvalue weighted by Gasteiger charge is 2.27. The number of hydrogen-bond donors (Lipinski definition) is 12. The molecule has 13 N–H and O–H groups in total. The number of H-pyrrole nitrogens is 4. The third kappa shape index (κ3) is 25.2. The fourth-order valence-corrected chi connectivity index (χ4v) is 13.4. The van der Waals surface area contributed by atoms with Gasteiger partial charge in [0, 0.05) is 130 Å². The summed E-state index contributed by atoms with van der Waals surface area (Å²) in [7, 11) is 1.67. The third-order valence-corrected chi connectivity index (χ3v) is 20.5. The number of aromatic amines is 4. The molecule has 0 bridgehead atoms. The molecule has 1 saturated carbocycles. The zero-order chi connectivity index (χ0) is 95.1. The molecule has 30 nitrogen and oxygen atoms in total. The molecule has 3 atom stereocenters. The van der Waals surface area contributed by atoms with E-state index < -0.39 is 82.5 Å². The number of pyridine rings is 5. The van der Waals surface area contributed by atoms with E-state index in [9.17, 15) is 60.9 Å². The summed E-state index contributed by atoms with van der Waals surface area (Å²) in [5.41, 5.74) is 14.7. The summed E-state index contributed by atoms with van der Waals surface area (Å²) in [6.07, 6.45) is 36.2. The lowest BCUT2D eigenvalue weighted by Gasteiger charge is -2.19. The van der Waals surface area contributed by atoms with Gasteiger partial charge in [0.25, 0.3) is 23.6 Å². The van der Waals surface area contributed by atoms with Gasteiger partial charge in [-0.05, 0) is 201 Å². The Kier molecular flexibility index (Phi) is 31.2. The minimum atomic E-state index is -0.865. The maximum atomic E-state index is 14.6. The molecule has 1 aliphatic carbocycles. The molecule has 0 aliphatic heterocycles. The molecular formula is C99H92F5N21O9. The average molecular weight is 1810 g/mol. The van der Waals surface area contributed by atoms with E-state index in [1.54, 1.807) is 157 Å². The van der Waals surface area contributed by atoms with Crippen LogP contribution in [0.5, 0.6) is 0 Å².